The van der Waals surface area contributed by atoms with Crippen LogP contribution in [-0.2, 0) is 32.0 Å². The third-order valence-electron chi connectivity index (χ3n) is 13.7. The van der Waals surface area contributed by atoms with Gasteiger partial charge in [0.05, 0.1) is 13.2 Å². The molecule has 0 saturated carbocycles. The highest BCUT2D eigenvalue weighted by molar-refractivity contribution is 7.59. The maximum absolute atomic E-state index is 12.5. The molecule has 1 amide bonds. The van der Waals surface area contributed by atoms with Gasteiger partial charge in [-0.2, -0.15) is 0 Å². The molecule has 444 valence electrons. The molecule has 4 N–H and O–H groups in total. The number of allylic oxidation sites excluding steroid dienone is 21. The third-order valence-corrected chi connectivity index (χ3v) is 16.3. The van der Waals surface area contributed by atoms with Gasteiger partial charge in [0, 0.05) is 6.92 Å². The largest absolute Gasteiger partial charge is 0.756 e. The zero-order valence-electron chi connectivity index (χ0n) is 50.2. The predicted octanol–water partition coefficient (Wildman–Crippen LogP) is 15.1. The van der Waals surface area contributed by atoms with Gasteiger partial charge < -0.3 is 39.7 Å². The fourth-order valence-electron chi connectivity index (χ4n) is 8.65. The summed E-state index contributed by atoms with van der Waals surface area (Å²) in [6, 6.07) is -1.64. The lowest BCUT2D eigenvalue weighted by Crippen LogP contribution is -2.64. The Labute approximate surface area is 472 Å². The highest BCUT2D eigenvalue weighted by Gasteiger charge is 2.47. The van der Waals surface area contributed by atoms with Crippen LogP contribution in [0.5, 0.6) is 0 Å². The lowest BCUT2D eigenvalue weighted by molar-refractivity contribution is -0.284. The van der Waals surface area contributed by atoms with Gasteiger partial charge in [0.1, 0.15) is 24.4 Å². The molecule has 78 heavy (non-hydrogen) atoms. The van der Waals surface area contributed by atoms with E-state index in [1.54, 1.807) is 6.92 Å². The van der Waals surface area contributed by atoms with E-state index in [2.05, 4.69) is 151 Å². The van der Waals surface area contributed by atoms with Crippen molar-refractivity contribution in [2.75, 3.05) is 13.2 Å². The molecule has 1 heterocycles. The van der Waals surface area contributed by atoms with Crippen LogP contribution >= 0.6 is 15.6 Å². The average Bonchev–Trinajstić information content (AvgIpc) is 3.33. The average molecular weight is 1130 g/mol. The number of nitrogens with one attached hydrogen (secondary N) is 1. The number of hydrogen-bond donors (Lipinski definition) is 4. The number of phosphoric acid groups is 2. The molecule has 0 aromatic carbocycles. The number of rotatable bonds is 39. The van der Waals surface area contributed by atoms with Crippen LogP contribution in [0, 0.1) is 0 Å². The van der Waals surface area contributed by atoms with Crippen LogP contribution in [0.15, 0.2) is 128 Å². The van der Waals surface area contributed by atoms with E-state index in [1.165, 1.54) is 68.2 Å². The Morgan fingerprint density at radius 1 is 0.462 bits per heavy atom. The highest BCUT2D eigenvalue weighted by Crippen LogP contribution is 2.56. The van der Waals surface area contributed by atoms with E-state index in [4.69, 9.17) is 9.26 Å². The molecule has 7 unspecified atom stereocenters. The van der Waals surface area contributed by atoms with Crippen LogP contribution in [0.3, 0.4) is 0 Å². The summed E-state index contributed by atoms with van der Waals surface area (Å²) in [7, 11) is -11.2. The second-order valence-electron chi connectivity index (χ2n) is 22.0. The van der Waals surface area contributed by atoms with Crippen LogP contribution in [0.2, 0.25) is 0 Å². The molecule has 0 bridgehead atoms. The van der Waals surface area contributed by atoms with Crippen LogP contribution < -0.4 is 15.1 Å². The number of carbonyl (C=O) groups is 1. The van der Waals surface area contributed by atoms with Gasteiger partial charge in [-0.3, -0.25) is 18.4 Å². The maximum atomic E-state index is 12.5. The minimum Gasteiger partial charge on any atom is -0.756 e. The van der Waals surface area contributed by atoms with Crippen LogP contribution in [-0.4, -0.2) is 65.1 Å². The van der Waals surface area contributed by atoms with Crippen LogP contribution in [0.25, 0.3) is 0 Å². The van der Waals surface area contributed by atoms with Crippen molar-refractivity contribution in [3.8, 4) is 0 Å². The van der Waals surface area contributed by atoms with Gasteiger partial charge in [-0.25, -0.2) is 4.31 Å². The van der Waals surface area contributed by atoms with Gasteiger partial charge in [-0.15, -0.1) is 0 Å². The van der Waals surface area contributed by atoms with Crippen molar-refractivity contribution in [3.63, 3.8) is 0 Å². The number of carbonyl (C=O) groups excluding carboxylic acids is 1. The summed E-state index contributed by atoms with van der Waals surface area (Å²) >= 11 is 0. The normalized spacial score (nSPS) is 21.6. The van der Waals surface area contributed by atoms with Gasteiger partial charge in [-0.1, -0.05) is 128 Å². The summed E-state index contributed by atoms with van der Waals surface area (Å²) in [6.07, 6.45) is 39.2. The van der Waals surface area contributed by atoms with Gasteiger partial charge in [-0.05, 0) is 212 Å². The molecule has 1 fully saturated rings. The molecular formula is C63H103NO12P2-2. The second-order valence-corrected chi connectivity index (χ2v) is 24.9. The standard InChI is InChI=1S/C63H105NO12P2/c1-47(2)24-14-25-48(3)26-15-27-49(4)28-16-29-50(5)30-17-31-51(6)32-18-33-52(7)34-19-35-53(8)36-20-37-54(9)38-21-39-55(10)40-22-41-56(11)42-23-43-57(12)44-45-73-77(69,70)76-78(71,72)75-63-60(64-58(13)66)62(68)61(67)59(46-65)74-63/h24,26,28,30,32,34,36,38,40,42,44,59-63,65,67-68H,14-23,25,27,29,31,33,35,37,39,41,43,45-46H2,1-13H3,(H,64,66)(H,69,70)(H,71,72)/p-2/b48-26+,49-28+,50-30+,51-32-,52-34-,53-36-,54-38-,55-40-,56-42-,57-44-. The summed E-state index contributed by atoms with van der Waals surface area (Å²) in [6.45, 7) is 26.0. The molecule has 15 heteroatoms. The Hall–Kier alpha value is -3.29. The predicted molar refractivity (Wildman–Crippen MR) is 318 cm³/mol. The molecule has 1 aliphatic rings. The van der Waals surface area contributed by atoms with E-state index in [-0.39, 0.29) is 0 Å². The topological polar surface area (TPSA) is 207 Å². The minimum absolute atomic E-state index is 0.497. The fraction of sp³-hybridized carbons (Fsp3) is 0.635. The van der Waals surface area contributed by atoms with E-state index < -0.39 is 65.4 Å². The smallest absolute Gasteiger partial charge is 0.276 e. The van der Waals surface area contributed by atoms with Crippen molar-refractivity contribution < 1.29 is 57.1 Å². The van der Waals surface area contributed by atoms with Crippen molar-refractivity contribution >= 4 is 21.6 Å². The number of aliphatic hydroxyl groups is 3. The van der Waals surface area contributed by atoms with Gasteiger partial charge >= 0.3 is 0 Å². The van der Waals surface area contributed by atoms with Crippen molar-refractivity contribution in [3.05, 3.63) is 128 Å². The van der Waals surface area contributed by atoms with Crippen molar-refractivity contribution in [1.82, 2.24) is 5.32 Å². The maximum Gasteiger partial charge on any atom is 0.276 e. The van der Waals surface area contributed by atoms with E-state index in [1.807, 2.05) is 0 Å². The quantitative estimate of drug-likeness (QED) is 0.0335. The number of aliphatic hydroxyl groups excluding tert-OH is 3. The van der Waals surface area contributed by atoms with Gasteiger partial charge in [0.2, 0.25) is 5.91 Å². The number of phosphoric ester groups is 2. The molecule has 0 aromatic rings. The first-order valence-corrected chi connectivity index (χ1v) is 31.4. The Bertz CT molecular complexity index is 2260. The Morgan fingerprint density at radius 2 is 0.744 bits per heavy atom. The molecule has 1 rings (SSSR count). The summed E-state index contributed by atoms with van der Waals surface area (Å²) < 4.78 is 43.5. The van der Waals surface area contributed by atoms with Crippen molar-refractivity contribution in [2.24, 2.45) is 0 Å². The van der Waals surface area contributed by atoms with E-state index in [0.717, 1.165) is 128 Å². The highest BCUT2D eigenvalue weighted by atomic mass is 31.3. The van der Waals surface area contributed by atoms with E-state index in [0.29, 0.717) is 6.42 Å². The molecule has 13 nitrogen and oxygen atoms in total. The first-order valence-electron chi connectivity index (χ1n) is 28.5. The Kier molecular flexibility index (Phi) is 38.1. The summed E-state index contributed by atoms with van der Waals surface area (Å²) in [4.78, 5) is 36.4. The Morgan fingerprint density at radius 3 is 1.01 bits per heavy atom. The van der Waals surface area contributed by atoms with Crippen LogP contribution in [0.4, 0.5) is 0 Å². The Balaban J connectivity index is 2.33. The molecular weight excluding hydrogens is 1020 g/mol. The fourth-order valence-corrected chi connectivity index (χ4v) is 10.7. The van der Waals surface area contributed by atoms with Crippen molar-refractivity contribution in [2.45, 2.75) is 249 Å². The minimum atomic E-state index is -5.73. The first kappa shape index (κ1) is 72.7. The van der Waals surface area contributed by atoms with Crippen LogP contribution in [0.1, 0.15) is 218 Å². The molecule has 0 aromatic heterocycles. The lowest BCUT2D eigenvalue weighted by Gasteiger charge is -2.43. The lowest BCUT2D eigenvalue weighted by atomic mass is 9.97. The number of ether oxygens (including phenoxy) is 1. The van der Waals surface area contributed by atoms with Gasteiger partial charge in [0.15, 0.2) is 6.29 Å². The summed E-state index contributed by atoms with van der Waals surface area (Å²) in [5.74, 6) is -0.740. The number of hydrogen-bond acceptors (Lipinski definition) is 12. The first-order chi connectivity index (χ1) is 36.7. The monoisotopic (exact) mass is 1130 g/mol. The summed E-state index contributed by atoms with van der Waals surface area (Å²) in [5, 5.41) is 32.0. The zero-order valence-corrected chi connectivity index (χ0v) is 52.0. The van der Waals surface area contributed by atoms with Gasteiger partial charge in [0.25, 0.3) is 15.6 Å². The number of amides is 1. The SMILES string of the molecule is CC(=O)NC1C(OP(=O)([O-])OP(=O)([O-])OC/C=C(/C)CC/C=C(/C)CC/C=C(/C)CC/C=C(/C)CC/C=C(/C)CC/C=C(/C)CC/C=C(/C)CC/C=C(\C)CC/C=C(\C)CC/C=C(\C)CCC=C(C)C)OC(CO)C(O)C1O. The van der Waals surface area contributed by atoms with E-state index >= 15 is 0 Å². The third kappa shape index (κ3) is 36.9. The van der Waals surface area contributed by atoms with E-state index in [9.17, 15) is 39.0 Å². The molecule has 0 radical (unpaired) electrons. The summed E-state index contributed by atoms with van der Waals surface area (Å²) in [5.41, 5.74) is 15.2. The van der Waals surface area contributed by atoms with Crippen molar-refractivity contribution in [1.29, 1.82) is 0 Å². The molecule has 0 aliphatic carbocycles. The molecule has 7 atom stereocenters. The zero-order chi connectivity index (χ0) is 58.7. The molecule has 0 spiro atoms. The molecule has 1 aliphatic heterocycles. The second kappa shape index (κ2) is 40.8. The molecule has 1 saturated heterocycles.